The van der Waals surface area contributed by atoms with Crippen LogP contribution in [-0.4, -0.2) is 61.2 Å². The lowest BCUT2D eigenvalue weighted by molar-refractivity contribution is -0.154. The van der Waals surface area contributed by atoms with Crippen molar-refractivity contribution < 1.29 is 32.4 Å². The summed E-state index contributed by atoms with van der Waals surface area (Å²) in [5, 5.41) is 18.7. The number of aliphatic carboxylic acids is 2. The van der Waals surface area contributed by atoms with Gasteiger partial charge in [0.1, 0.15) is 0 Å². The molecule has 2 N–H and O–H groups in total. The molecule has 0 aromatic heterocycles. The van der Waals surface area contributed by atoms with Gasteiger partial charge in [0, 0.05) is 11.5 Å². The molecule has 0 saturated carbocycles. The molecular weight excluding hydrogens is 422 g/mol. The lowest BCUT2D eigenvalue weighted by Gasteiger charge is -2.33. The molecule has 0 bridgehead atoms. The molecule has 1 aromatic carbocycles. The molecule has 0 amide bonds. The first kappa shape index (κ1) is 24.8. The SMILES string of the molecule is CN1CCCCC1.Cc1ccc(S(=O)(=O)OC2(C(=O)O)C=CC=C(C(=O)O)[C@H]2C)cc1. The number of carbonyl (C=O) groups is 2. The van der Waals surface area contributed by atoms with Crippen LogP contribution in [0.3, 0.4) is 0 Å². The highest BCUT2D eigenvalue weighted by Crippen LogP contribution is 2.36. The Hall–Kier alpha value is -2.49. The van der Waals surface area contributed by atoms with Gasteiger partial charge in [0.2, 0.25) is 5.60 Å². The maximum absolute atomic E-state index is 12.5. The number of carboxylic acid groups (broad SMARTS) is 2. The zero-order valence-electron chi connectivity index (χ0n) is 17.9. The third-order valence-electron chi connectivity index (χ3n) is 5.45. The molecule has 9 heteroatoms. The van der Waals surface area contributed by atoms with Crippen LogP contribution in [0.15, 0.2) is 53.0 Å². The Balaban J connectivity index is 0.000000412. The zero-order valence-corrected chi connectivity index (χ0v) is 18.8. The van der Waals surface area contributed by atoms with Crippen LogP contribution in [0, 0.1) is 12.8 Å². The summed E-state index contributed by atoms with van der Waals surface area (Å²) in [4.78, 5) is 25.2. The summed E-state index contributed by atoms with van der Waals surface area (Å²) in [6.45, 7) is 5.70. The van der Waals surface area contributed by atoms with Crippen LogP contribution < -0.4 is 0 Å². The van der Waals surface area contributed by atoms with Crippen molar-refractivity contribution in [1.82, 2.24) is 4.90 Å². The second kappa shape index (κ2) is 10.2. The third-order valence-corrected chi connectivity index (χ3v) is 6.79. The van der Waals surface area contributed by atoms with Crippen LogP contribution in [-0.2, 0) is 23.9 Å². The molecule has 0 spiro atoms. The van der Waals surface area contributed by atoms with E-state index in [-0.39, 0.29) is 10.5 Å². The summed E-state index contributed by atoms with van der Waals surface area (Å²) in [6.07, 6.45) is 7.70. The first-order valence-electron chi connectivity index (χ1n) is 10.1. The number of benzene rings is 1. The van der Waals surface area contributed by atoms with Crippen molar-refractivity contribution in [3.8, 4) is 0 Å². The molecule has 1 aliphatic carbocycles. The van der Waals surface area contributed by atoms with Crippen LogP contribution in [0.25, 0.3) is 0 Å². The van der Waals surface area contributed by atoms with Gasteiger partial charge in [-0.1, -0.05) is 43.2 Å². The Morgan fingerprint density at radius 1 is 1.10 bits per heavy atom. The minimum Gasteiger partial charge on any atom is -0.479 e. The first-order chi connectivity index (χ1) is 14.5. The Labute approximate surface area is 183 Å². The molecule has 8 nitrogen and oxygen atoms in total. The number of nitrogens with zero attached hydrogens (tertiary/aromatic N) is 1. The van der Waals surface area contributed by atoms with Crippen molar-refractivity contribution >= 4 is 22.1 Å². The van der Waals surface area contributed by atoms with E-state index in [1.807, 2.05) is 0 Å². The minimum atomic E-state index is -4.41. The molecule has 1 heterocycles. The number of rotatable bonds is 5. The summed E-state index contributed by atoms with van der Waals surface area (Å²) in [7, 11) is -2.22. The molecular formula is C22H29NO7S. The number of piperidine rings is 1. The van der Waals surface area contributed by atoms with Gasteiger partial charge in [0.05, 0.1) is 4.90 Å². The van der Waals surface area contributed by atoms with Crippen LogP contribution in [0.2, 0.25) is 0 Å². The van der Waals surface area contributed by atoms with Crippen molar-refractivity contribution in [3.63, 3.8) is 0 Å². The average molecular weight is 452 g/mol. The fourth-order valence-electron chi connectivity index (χ4n) is 3.45. The summed E-state index contributed by atoms with van der Waals surface area (Å²) < 4.78 is 29.9. The van der Waals surface area contributed by atoms with Crippen LogP contribution in [0.5, 0.6) is 0 Å². The van der Waals surface area contributed by atoms with Gasteiger partial charge in [-0.05, 0) is 58.1 Å². The fraction of sp³-hybridized carbons (Fsp3) is 0.455. The highest BCUT2D eigenvalue weighted by Gasteiger charge is 2.50. The molecule has 31 heavy (non-hydrogen) atoms. The fourth-order valence-corrected chi connectivity index (χ4v) is 4.65. The lowest BCUT2D eigenvalue weighted by Crippen LogP contribution is -2.49. The van der Waals surface area contributed by atoms with Crippen LogP contribution >= 0.6 is 0 Å². The molecule has 1 aromatic rings. The Bertz CT molecular complexity index is 960. The zero-order chi connectivity index (χ0) is 23.2. The second-order valence-corrected chi connectivity index (χ2v) is 9.37. The van der Waals surface area contributed by atoms with Gasteiger partial charge < -0.3 is 15.1 Å². The Kier molecular flexibility index (Phi) is 8.16. The normalized spacial score (nSPS) is 24.0. The highest BCUT2D eigenvalue weighted by molar-refractivity contribution is 7.86. The summed E-state index contributed by atoms with van der Waals surface area (Å²) >= 11 is 0. The number of carboxylic acids is 2. The van der Waals surface area contributed by atoms with Crippen LogP contribution in [0.4, 0.5) is 0 Å². The predicted molar refractivity (Wildman–Crippen MR) is 115 cm³/mol. The van der Waals surface area contributed by atoms with E-state index in [4.69, 9.17) is 9.29 Å². The summed E-state index contributed by atoms with van der Waals surface area (Å²) in [6, 6.07) is 5.69. The van der Waals surface area contributed by atoms with Gasteiger partial charge in [-0.3, -0.25) is 0 Å². The minimum absolute atomic E-state index is 0.208. The van der Waals surface area contributed by atoms with Gasteiger partial charge in [0.25, 0.3) is 10.1 Å². The Morgan fingerprint density at radius 3 is 2.13 bits per heavy atom. The maximum Gasteiger partial charge on any atom is 0.342 e. The predicted octanol–water partition coefficient (Wildman–Crippen LogP) is 2.84. The number of hydrogen-bond acceptors (Lipinski definition) is 6. The molecule has 3 rings (SSSR count). The number of hydrogen-bond donors (Lipinski definition) is 2. The quantitative estimate of drug-likeness (QED) is 0.656. The molecule has 1 aliphatic heterocycles. The molecule has 2 aliphatic rings. The van der Waals surface area contributed by atoms with Crippen molar-refractivity contribution in [1.29, 1.82) is 0 Å². The van der Waals surface area contributed by atoms with Gasteiger partial charge in [-0.15, -0.1) is 0 Å². The molecule has 1 fully saturated rings. The molecule has 0 radical (unpaired) electrons. The van der Waals surface area contributed by atoms with E-state index in [9.17, 15) is 23.1 Å². The van der Waals surface area contributed by atoms with Gasteiger partial charge in [0.15, 0.2) is 0 Å². The molecule has 170 valence electrons. The van der Waals surface area contributed by atoms with Crippen molar-refractivity contribution in [2.75, 3.05) is 20.1 Å². The van der Waals surface area contributed by atoms with Crippen molar-refractivity contribution in [2.45, 2.75) is 43.6 Å². The standard InChI is InChI=1S/C16H16O7S.C6H13N/c1-10-5-7-12(8-6-10)24(21,22)23-16(15(19)20)9-3-4-13(11(16)2)14(17)18;1-7-5-3-2-4-6-7/h3-9,11H,1-2H3,(H,17,18)(H,19,20);2-6H2,1H3/t11-,16?;/m1./s1. The first-order valence-corrected chi connectivity index (χ1v) is 11.5. The monoisotopic (exact) mass is 451 g/mol. The van der Waals surface area contributed by atoms with E-state index in [0.717, 1.165) is 11.6 Å². The number of allylic oxidation sites excluding steroid dienone is 2. The van der Waals surface area contributed by atoms with Gasteiger partial charge >= 0.3 is 11.9 Å². The summed E-state index contributed by atoms with van der Waals surface area (Å²) in [5.41, 5.74) is -1.76. The number of aryl methyl sites for hydroxylation is 1. The maximum atomic E-state index is 12.5. The summed E-state index contributed by atoms with van der Waals surface area (Å²) in [5.74, 6) is -4.14. The molecule has 1 saturated heterocycles. The smallest absolute Gasteiger partial charge is 0.342 e. The van der Waals surface area contributed by atoms with Gasteiger partial charge in [-0.25, -0.2) is 13.8 Å². The van der Waals surface area contributed by atoms with E-state index in [2.05, 4.69) is 11.9 Å². The number of likely N-dealkylation sites (tertiary alicyclic amines) is 1. The van der Waals surface area contributed by atoms with E-state index >= 15 is 0 Å². The largest absolute Gasteiger partial charge is 0.479 e. The average Bonchev–Trinajstić information content (AvgIpc) is 2.70. The van der Waals surface area contributed by atoms with Crippen molar-refractivity contribution in [3.05, 3.63) is 53.6 Å². The van der Waals surface area contributed by atoms with E-state index in [0.29, 0.717) is 0 Å². The molecule has 1 unspecified atom stereocenters. The topological polar surface area (TPSA) is 121 Å². The van der Waals surface area contributed by atoms with Crippen LogP contribution in [0.1, 0.15) is 31.7 Å². The van der Waals surface area contributed by atoms with Crippen molar-refractivity contribution in [2.24, 2.45) is 5.92 Å². The van der Waals surface area contributed by atoms with E-state index in [1.54, 1.807) is 19.1 Å². The molecule has 2 atom stereocenters. The second-order valence-electron chi connectivity index (χ2n) is 7.82. The highest BCUT2D eigenvalue weighted by atomic mass is 32.2. The lowest BCUT2D eigenvalue weighted by atomic mass is 9.79. The van der Waals surface area contributed by atoms with Gasteiger partial charge in [-0.2, -0.15) is 8.42 Å². The third kappa shape index (κ3) is 6.03. The Morgan fingerprint density at radius 2 is 1.68 bits per heavy atom. The van der Waals surface area contributed by atoms with E-state index < -0.39 is 33.6 Å². The van der Waals surface area contributed by atoms with E-state index in [1.165, 1.54) is 63.6 Å².